The van der Waals surface area contributed by atoms with E-state index in [0.717, 1.165) is 30.0 Å². The van der Waals surface area contributed by atoms with Gasteiger partial charge in [0.2, 0.25) is 0 Å². The summed E-state index contributed by atoms with van der Waals surface area (Å²) >= 11 is 0. The Morgan fingerprint density at radius 3 is 1.57 bits per heavy atom. The highest BCUT2D eigenvalue weighted by Crippen LogP contribution is 2.24. The van der Waals surface area contributed by atoms with Crippen LogP contribution < -0.4 is 14.2 Å². The van der Waals surface area contributed by atoms with Crippen LogP contribution in [0.15, 0.2) is 83.0 Å². The maximum Gasteiger partial charge on any atom is 0.343 e. The number of esters is 1. The summed E-state index contributed by atoms with van der Waals surface area (Å²) in [5.41, 5.74) is 1.87. The third-order valence-corrected chi connectivity index (χ3v) is 6.99. The van der Waals surface area contributed by atoms with Crippen LogP contribution in [0.2, 0.25) is 0 Å². The second-order valence-corrected chi connectivity index (χ2v) is 11.2. The van der Waals surface area contributed by atoms with Gasteiger partial charge in [-0.25, -0.2) is 4.79 Å². The predicted octanol–water partition coefficient (Wildman–Crippen LogP) is 11.0. The molecule has 0 aliphatic rings. The van der Waals surface area contributed by atoms with Gasteiger partial charge in [0.15, 0.2) is 0 Å². The lowest BCUT2D eigenvalue weighted by atomic mass is 10.1. The molecule has 0 N–H and O–H groups in total. The molecule has 0 heterocycles. The molecule has 3 aromatic rings. The largest absolute Gasteiger partial charge is 0.494 e. The van der Waals surface area contributed by atoms with Crippen LogP contribution in [-0.4, -0.2) is 19.2 Å². The van der Waals surface area contributed by atoms with Gasteiger partial charge in [-0.15, -0.1) is 0 Å². The van der Waals surface area contributed by atoms with Crippen molar-refractivity contribution >= 4 is 17.3 Å². The lowest BCUT2D eigenvalue weighted by Crippen LogP contribution is -2.08. The lowest BCUT2D eigenvalue weighted by molar-refractivity contribution is 0.0734. The Morgan fingerprint density at radius 2 is 1.05 bits per heavy atom. The van der Waals surface area contributed by atoms with Crippen LogP contribution in [0.4, 0.5) is 11.4 Å². The molecule has 0 radical (unpaired) electrons. The summed E-state index contributed by atoms with van der Waals surface area (Å²) in [6, 6.07) is 21.6. The predicted molar refractivity (Wildman–Crippen MR) is 171 cm³/mol. The molecular weight excluding hydrogens is 524 g/mol. The Hall–Kier alpha value is -3.67. The third kappa shape index (κ3) is 13.3. The molecule has 0 fully saturated rings. The Morgan fingerprint density at radius 1 is 0.595 bits per heavy atom. The van der Waals surface area contributed by atoms with E-state index in [2.05, 4.69) is 31.0 Å². The molecule has 0 bridgehead atoms. The molecule has 0 unspecified atom stereocenters. The molecule has 0 aliphatic carbocycles. The molecule has 3 rings (SSSR count). The van der Waals surface area contributed by atoms with Gasteiger partial charge < -0.3 is 14.2 Å². The molecule has 42 heavy (non-hydrogen) atoms. The molecule has 0 aromatic heterocycles. The van der Waals surface area contributed by atoms with Gasteiger partial charge in [-0.2, -0.15) is 10.2 Å². The Balaban J connectivity index is 1.33. The molecule has 0 atom stereocenters. The molecule has 0 saturated carbocycles. The molecule has 226 valence electrons. The molecule has 6 nitrogen and oxygen atoms in total. The van der Waals surface area contributed by atoms with E-state index in [1.54, 1.807) is 36.4 Å². The van der Waals surface area contributed by atoms with E-state index in [1.807, 2.05) is 36.4 Å². The minimum atomic E-state index is -0.415. The van der Waals surface area contributed by atoms with Crippen LogP contribution in [0.25, 0.3) is 0 Å². The average Bonchev–Trinajstić information content (AvgIpc) is 3.00. The van der Waals surface area contributed by atoms with E-state index in [4.69, 9.17) is 14.2 Å². The van der Waals surface area contributed by atoms with Crippen molar-refractivity contribution in [1.29, 1.82) is 0 Å². The van der Waals surface area contributed by atoms with Crippen LogP contribution in [0.1, 0.15) is 102 Å². The molecule has 0 aliphatic heterocycles. The summed E-state index contributed by atoms with van der Waals surface area (Å²) in [6.45, 7) is 8.01. The first-order valence-electron chi connectivity index (χ1n) is 15.7. The highest BCUT2D eigenvalue weighted by molar-refractivity contribution is 5.91. The first-order chi connectivity index (χ1) is 20.5. The lowest BCUT2D eigenvalue weighted by Gasteiger charge is -2.08. The number of ether oxygens (including phenoxy) is 3. The zero-order chi connectivity index (χ0) is 29.8. The fraction of sp³-hybridized carbons (Fsp3) is 0.472. The first kappa shape index (κ1) is 32.8. The van der Waals surface area contributed by atoms with Crippen LogP contribution in [0, 0.1) is 5.92 Å². The number of azo groups is 1. The molecular formula is C36H48N2O4. The van der Waals surface area contributed by atoms with Gasteiger partial charge >= 0.3 is 5.97 Å². The third-order valence-electron chi connectivity index (χ3n) is 6.99. The smallest absolute Gasteiger partial charge is 0.343 e. The molecule has 0 saturated heterocycles. The summed E-state index contributed by atoms with van der Waals surface area (Å²) in [4.78, 5) is 12.6. The van der Waals surface area contributed by atoms with Crippen LogP contribution in [-0.2, 0) is 0 Å². The van der Waals surface area contributed by atoms with Crippen molar-refractivity contribution in [3.8, 4) is 17.2 Å². The summed E-state index contributed by atoms with van der Waals surface area (Å²) in [7, 11) is 0. The van der Waals surface area contributed by atoms with Crippen LogP contribution >= 0.6 is 0 Å². The van der Waals surface area contributed by atoms with Gasteiger partial charge in [0, 0.05) is 0 Å². The molecule has 0 amide bonds. The topological polar surface area (TPSA) is 69.5 Å². The van der Waals surface area contributed by atoms with Crippen molar-refractivity contribution in [2.75, 3.05) is 13.2 Å². The van der Waals surface area contributed by atoms with E-state index in [9.17, 15) is 4.79 Å². The molecule has 3 aromatic carbocycles. The number of nitrogens with zero attached hydrogens (tertiary/aromatic N) is 2. The number of benzene rings is 3. The average molecular weight is 573 g/mol. The van der Waals surface area contributed by atoms with Gasteiger partial charge in [0.05, 0.1) is 30.2 Å². The normalized spacial score (nSPS) is 11.2. The van der Waals surface area contributed by atoms with Gasteiger partial charge in [-0.3, -0.25) is 0 Å². The highest BCUT2D eigenvalue weighted by Gasteiger charge is 2.09. The fourth-order valence-corrected chi connectivity index (χ4v) is 4.35. The van der Waals surface area contributed by atoms with Crippen LogP contribution in [0.3, 0.4) is 0 Å². The summed E-state index contributed by atoms with van der Waals surface area (Å²) in [6.07, 6.45) is 14.0. The summed E-state index contributed by atoms with van der Waals surface area (Å²) < 4.78 is 17.1. The molecule has 0 spiro atoms. The monoisotopic (exact) mass is 572 g/mol. The van der Waals surface area contributed by atoms with Crippen molar-refractivity contribution < 1.29 is 19.0 Å². The standard InChI is InChI=1S/C36H48N2O4/c1-4-5-6-7-8-9-10-11-12-13-27-40-33-20-14-30(15-21-33)36(39)42-35-24-18-32(19-25-35)38-37-31-16-22-34(23-17-31)41-28-26-29(2)3/h14-25,29H,4-13,26-28H2,1-3H3. The van der Waals surface area contributed by atoms with Crippen molar-refractivity contribution in [1.82, 2.24) is 0 Å². The number of hydrogen-bond donors (Lipinski definition) is 0. The highest BCUT2D eigenvalue weighted by atomic mass is 16.5. The van der Waals surface area contributed by atoms with E-state index in [-0.39, 0.29) is 0 Å². The number of unbranched alkanes of at least 4 members (excludes halogenated alkanes) is 9. The number of carbonyl (C=O) groups excluding carboxylic acids is 1. The number of hydrogen-bond acceptors (Lipinski definition) is 6. The second kappa shape index (κ2) is 19.5. The fourth-order valence-electron chi connectivity index (χ4n) is 4.35. The van der Waals surface area contributed by atoms with Gasteiger partial charge in [0.25, 0.3) is 0 Å². The zero-order valence-corrected chi connectivity index (χ0v) is 25.7. The quantitative estimate of drug-likeness (QED) is 0.0584. The maximum absolute atomic E-state index is 12.6. The van der Waals surface area contributed by atoms with Crippen molar-refractivity contribution in [2.24, 2.45) is 16.1 Å². The van der Waals surface area contributed by atoms with E-state index in [0.29, 0.717) is 36.1 Å². The van der Waals surface area contributed by atoms with Gasteiger partial charge in [0.1, 0.15) is 17.2 Å². The maximum atomic E-state index is 12.6. The van der Waals surface area contributed by atoms with Crippen molar-refractivity contribution in [2.45, 2.75) is 91.4 Å². The minimum absolute atomic E-state index is 0.415. The SMILES string of the molecule is CCCCCCCCCCCCOc1ccc(C(=O)Oc2ccc(N=Nc3ccc(OCCC(C)C)cc3)cc2)cc1. The second-order valence-electron chi connectivity index (χ2n) is 11.2. The first-order valence-corrected chi connectivity index (χ1v) is 15.7. The summed E-state index contributed by atoms with van der Waals surface area (Å²) in [5.74, 6) is 2.24. The Bertz CT molecular complexity index is 1170. The van der Waals surface area contributed by atoms with Gasteiger partial charge in [-0.05, 0) is 91.6 Å². The Labute approximate surface area is 252 Å². The van der Waals surface area contributed by atoms with Gasteiger partial charge in [-0.1, -0.05) is 78.6 Å². The number of rotatable bonds is 20. The Kier molecular flexibility index (Phi) is 15.2. The zero-order valence-electron chi connectivity index (χ0n) is 25.7. The summed E-state index contributed by atoms with van der Waals surface area (Å²) in [5, 5.41) is 8.55. The molecule has 6 heteroatoms. The van der Waals surface area contributed by atoms with E-state index in [1.165, 1.54) is 57.8 Å². The van der Waals surface area contributed by atoms with Crippen molar-refractivity contribution in [3.05, 3.63) is 78.4 Å². The van der Waals surface area contributed by atoms with E-state index >= 15 is 0 Å². The van der Waals surface area contributed by atoms with Crippen molar-refractivity contribution in [3.63, 3.8) is 0 Å². The van der Waals surface area contributed by atoms with E-state index < -0.39 is 5.97 Å². The number of carbonyl (C=O) groups is 1. The minimum Gasteiger partial charge on any atom is -0.494 e. The van der Waals surface area contributed by atoms with Crippen LogP contribution in [0.5, 0.6) is 17.2 Å².